The van der Waals surface area contributed by atoms with Gasteiger partial charge in [0.15, 0.2) is 0 Å². The lowest BCUT2D eigenvalue weighted by Crippen LogP contribution is -2.37. The maximum atomic E-state index is 12.7. The lowest BCUT2D eigenvalue weighted by atomic mass is 10.1. The van der Waals surface area contributed by atoms with Gasteiger partial charge in [0.1, 0.15) is 19.3 Å². The molecule has 0 saturated heterocycles. The minimum Gasteiger partial charge on any atom is -0.756 e. The molecular formula is C52H90NO7P. The first-order valence-corrected chi connectivity index (χ1v) is 25.4. The summed E-state index contributed by atoms with van der Waals surface area (Å²) in [6, 6.07) is 0. The number of allylic oxidation sites excluding steroid dienone is 16. The number of quaternary nitrogens is 1. The molecule has 0 aromatic carbocycles. The van der Waals surface area contributed by atoms with Crippen LogP contribution in [-0.2, 0) is 27.9 Å². The predicted molar refractivity (Wildman–Crippen MR) is 258 cm³/mol. The lowest BCUT2D eigenvalue weighted by molar-refractivity contribution is -0.870. The third-order valence-corrected chi connectivity index (χ3v) is 10.6. The zero-order valence-electron chi connectivity index (χ0n) is 39.6. The quantitative estimate of drug-likeness (QED) is 0.0198. The molecule has 0 amide bonds. The van der Waals surface area contributed by atoms with Crippen molar-refractivity contribution in [2.45, 2.75) is 174 Å². The van der Waals surface area contributed by atoms with Gasteiger partial charge in [-0.2, -0.15) is 0 Å². The highest BCUT2D eigenvalue weighted by molar-refractivity contribution is 7.45. The number of unbranched alkanes of at least 4 members (excludes halogenated alkanes) is 13. The van der Waals surface area contributed by atoms with Crippen LogP contribution < -0.4 is 4.89 Å². The Bertz CT molecular complexity index is 1290. The zero-order valence-corrected chi connectivity index (χ0v) is 40.5. The van der Waals surface area contributed by atoms with Crippen molar-refractivity contribution in [3.05, 3.63) is 97.2 Å². The second-order valence-corrected chi connectivity index (χ2v) is 18.1. The van der Waals surface area contributed by atoms with Gasteiger partial charge < -0.3 is 27.9 Å². The fourth-order valence-electron chi connectivity index (χ4n) is 5.95. The van der Waals surface area contributed by atoms with Gasteiger partial charge in [0.05, 0.1) is 34.4 Å². The summed E-state index contributed by atoms with van der Waals surface area (Å²) in [5.74, 6) is -0.420. The Balaban J connectivity index is 4.33. The summed E-state index contributed by atoms with van der Waals surface area (Å²) in [5.41, 5.74) is 0. The summed E-state index contributed by atoms with van der Waals surface area (Å²) >= 11 is 0. The highest BCUT2D eigenvalue weighted by Gasteiger charge is 2.20. The van der Waals surface area contributed by atoms with Gasteiger partial charge in [-0.25, -0.2) is 0 Å². The summed E-state index contributed by atoms with van der Waals surface area (Å²) in [6.45, 7) is 5.14. The van der Waals surface area contributed by atoms with Gasteiger partial charge in [-0.1, -0.05) is 175 Å². The molecule has 0 aromatic rings. The SMILES string of the molecule is CC/C=C\C/C=C\C/C=C\C/C=C\C/C=C\C/C=C\CCC(=O)OC(COCCCCCCCCCCCC/C=C\C/C=C\CCCCC)COP(=O)([O-])OCC[N+](C)(C)C. The van der Waals surface area contributed by atoms with E-state index in [-0.39, 0.29) is 26.2 Å². The van der Waals surface area contributed by atoms with Crippen LogP contribution in [0.1, 0.15) is 168 Å². The van der Waals surface area contributed by atoms with E-state index in [1.165, 1.54) is 83.5 Å². The number of ether oxygens (including phenoxy) is 2. The van der Waals surface area contributed by atoms with E-state index in [0.29, 0.717) is 24.1 Å². The molecule has 2 unspecified atom stereocenters. The zero-order chi connectivity index (χ0) is 44.8. The average Bonchev–Trinajstić information content (AvgIpc) is 3.22. The van der Waals surface area contributed by atoms with Gasteiger partial charge >= 0.3 is 5.97 Å². The minimum atomic E-state index is -4.56. The Labute approximate surface area is 375 Å². The van der Waals surface area contributed by atoms with Gasteiger partial charge in [-0.05, 0) is 83.5 Å². The summed E-state index contributed by atoms with van der Waals surface area (Å²) < 4.78 is 34.6. The van der Waals surface area contributed by atoms with Crippen molar-refractivity contribution >= 4 is 13.8 Å². The number of nitrogens with zero attached hydrogens (tertiary/aromatic N) is 1. The molecule has 61 heavy (non-hydrogen) atoms. The third-order valence-electron chi connectivity index (χ3n) is 9.63. The first kappa shape index (κ1) is 58.4. The van der Waals surface area contributed by atoms with Crippen LogP contribution in [0.2, 0.25) is 0 Å². The van der Waals surface area contributed by atoms with Crippen LogP contribution in [0.4, 0.5) is 0 Å². The van der Waals surface area contributed by atoms with E-state index >= 15 is 0 Å². The van der Waals surface area contributed by atoms with E-state index in [1.807, 2.05) is 33.3 Å². The molecule has 0 bridgehead atoms. The summed E-state index contributed by atoms with van der Waals surface area (Å²) in [7, 11) is 1.29. The Morgan fingerprint density at radius 1 is 0.525 bits per heavy atom. The standard InChI is InChI=1S/C52H90NO7P/c1-6-8-10-12-14-16-18-20-22-24-26-28-30-32-34-36-38-40-42-44-47-57-49-51(50-59-61(55,56)58-48-46-53(3,4)5)60-52(54)45-43-41-39-37-35-33-31-29-27-25-23-21-19-17-15-13-11-9-7-2/h9,11,14-17,20-23,27,29,33,35,39,41,51H,6-8,10,12-13,18-19,24-26,28,30-32,34,36-38,40,42-50H2,1-5H3/b11-9-,16-14-,17-15-,22-20-,23-21-,29-27-,35-33-,41-39-. The van der Waals surface area contributed by atoms with Gasteiger partial charge in [-0.3, -0.25) is 9.36 Å². The smallest absolute Gasteiger partial charge is 0.306 e. The Hall–Kier alpha value is -2.58. The van der Waals surface area contributed by atoms with Crippen molar-refractivity contribution in [1.29, 1.82) is 0 Å². The number of rotatable bonds is 43. The molecule has 0 aliphatic rings. The highest BCUT2D eigenvalue weighted by atomic mass is 31.2. The minimum absolute atomic E-state index is 0.00671. The number of esters is 1. The molecule has 0 aliphatic carbocycles. The van der Waals surface area contributed by atoms with Crippen LogP contribution >= 0.6 is 7.82 Å². The van der Waals surface area contributed by atoms with Crippen LogP contribution in [0, 0.1) is 0 Å². The Morgan fingerprint density at radius 3 is 1.43 bits per heavy atom. The number of likely N-dealkylation sites (N-methyl/N-ethyl adjacent to an activating group) is 1. The average molecular weight is 872 g/mol. The van der Waals surface area contributed by atoms with Crippen molar-refractivity contribution < 1.29 is 37.3 Å². The fraction of sp³-hybridized carbons (Fsp3) is 0.673. The number of hydrogen-bond donors (Lipinski definition) is 0. The van der Waals surface area contributed by atoms with Gasteiger partial charge in [-0.15, -0.1) is 0 Å². The molecule has 2 atom stereocenters. The van der Waals surface area contributed by atoms with Crippen LogP contribution in [0.5, 0.6) is 0 Å². The van der Waals surface area contributed by atoms with E-state index in [1.54, 1.807) is 0 Å². The van der Waals surface area contributed by atoms with Crippen LogP contribution in [0.25, 0.3) is 0 Å². The predicted octanol–water partition coefficient (Wildman–Crippen LogP) is 14.0. The fourth-order valence-corrected chi connectivity index (χ4v) is 6.68. The monoisotopic (exact) mass is 872 g/mol. The summed E-state index contributed by atoms with van der Waals surface area (Å²) in [5, 5.41) is 0. The highest BCUT2D eigenvalue weighted by Crippen LogP contribution is 2.38. The van der Waals surface area contributed by atoms with E-state index in [9.17, 15) is 14.3 Å². The first-order valence-electron chi connectivity index (χ1n) is 24.0. The summed E-state index contributed by atoms with van der Waals surface area (Å²) in [6.07, 6.45) is 60.1. The Kier molecular flexibility index (Phi) is 42.2. The topological polar surface area (TPSA) is 94.1 Å². The molecule has 8 nitrogen and oxygen atoms in total. The molecule has 9 heteroatoms. The molecule has 0 heterocycles. The van der Waals surface area contributed by atoms with Crippen molar-refractivity contribution in [2.24, 2.45) is 0 Å². The van der Waals surface area contributed by atoms with Crippen molar-refractivity contribution in [3.63, 3.8) is 0 Å². The van der Waals surface area contributed by atoms with E-state index in [2.05, 4.69) is 98.9 Å². The summed E-state index contributed by atoms with van der Waals surface area (Å²) in [4.78, 5) is 25.1. The number of phosphoric ester groups is 1. The second-order valence-electron chi connectivity index (χ2n) is 16.7. The molecule has 0 saturated carbocycles. The van der Waals surface area contributed by atoms with Gasteiger partial charge in [0.25, 0.3) is 7.82 Å². The van der Waals surface area contributed by atoms with Crippen molar-refractivity contribution in [1.82, 2.24) is 0 Å². The largest absolute Gasteiger partial charge is 0.756 e. The number of hydrogen-bond acceptors (Lipinski definition) is 7. The van der Waals surface area contributed by atoms with Gasteiger partial charge in [0.2, 0.25) is 0 Å². The lowest BCUT2D eigenvalue weighted by Gasteiger charge is -2.28. The molecule has 0 N–H and O–H groups in total. The molecule has 0 spiro atoms. The maximum absolute atomic E-state index is 12.7. The molecule has 0 rings (SSSR count). The van der Waals surface area contributed by atoms with Crippen LogP contribution in [-0.4, -0.2) is 70.7 Å². The van der Waals surface area contributed by atoms with Crippen LogP contribution in [0.15, 0.2) is 97.2 Å². The molecule has 350 valence electrons. The molecule has 0 aliphatic heterocycles. The van der Waals surface area contributed by atoms with E-state index in [4.69, 9.17) is 18.5 Å². The molecule has 0 fully saturated rings. The Morgan fingerprint density at radius 2 is 0.951 bits per heavy atom. The number of phosphoric acid groups is 1. The van der Waals surface area contributed by atoms with Crippen LogP contribution in [0.3, 0.4) is 0 Å². The van der Waals surface area contributed by atoms with Crippen molar-refractivity contribution in [2.75, 3.05) is 54.1 Å². The third kappa shape index (κ3) is 48.3. The number of carbonyl (C=O) groups excluding carboxylic acids is 1. The van der Waals surface area contributed by atoms with Crippen molar-refractivity contribution in [3.8, 4) is 0 Å². The van der Waals surface area contributed by atoms with Gasteiger partial charge in [0, 0.05) is 13.0 Å². The number of carbonyl (C=O) groups is 1. The molecular weight excluding hydrogens is 782 g/mol. The van der Waals surface area contributed by atoms with E-state index < -0.39 is 19.9 Å². The molecule has 0 aromatic heterocycles. The normalized spacial score (nSPS) is 14.5. The first-order chi connectivity index (χ1) is 29.6. The maximum Gasteiger partial charge on any atom is 0.306 e. The molecule has 0 radical (unpaired) electrons. The van der Waals surface area contributed by atoms with E-state index in [0.717, 1.165) is 57.8 Å². The second kappa shape index (κ2) is 44.0.